The zero-order chi connectivity index (χ0) is 14.7. The number of nitrogen functional groups attached to an aromatic ring is 1. The molecule has 1 aromatic carbocycles. The highest BCUT2D eigenvalue weighted by atomic mass is 35.5. The zero-order valence-electron chi connectivity index (χ0n) is 10.7. The van der Waals surface area contributed by atoms with Gasteiger partial charge in [0, 0.05) is 18.6 Å². The van der Waals surface area contributed by atoms with Crippen LogP contribution in [0.4, 0.5) is 17.3 Å². The maximum atomic E-state index is 11.0. The van der Waals surface area contributed by atoms with Crippen LogP contribution in [-0.4, -0.2) is 21.9 Å². The van der Waals surface area contributed by atoms with Crippen molar-refractivity contribution in [2.75, 3.05) is 17.7 Å². The van der Waals surface area contributed by atoms with E-state index in [-0.39, 0.29) is 17.3 Å². The van der Waals surface area contributed by atoms with Gasteiger partial charge in [-0.05, 0) is 17.7 Å². The Bertz CT molecular complexity index is 632. The van der Waals surface area contributed by atoms with E-state index in [0.29, 0.717) is 11.6 Å². The van der Waals surface area contributed by atoms with Crippen molar-refractivity contribution in [1.29, 1.82) is 0 Å². The maximum Gasteiger partial charge on any atom is 0.353 e. The lowest BCUT2D eigenvalue weighted by atomic mass is 10.2. The largest absolute Gasteiger partial charge is 0.378 e. The van der Waals surface area contributed by atoms with Crippen LogP contribution in [0.1, 0.15) is 5.56 Å². The average Bonchev–Trinajstić information content (AvgIpc) is 2.40. The van der Waals surface area contributed by atoms with E-state index in [2.05, 4.69) is 9.97 Å². The van der Waals surface area contributed by atoms with Crippen LogP contribution < -0.4 is 10.6 Å². The van der Waals surface area contributed by atoms with E-state index in [4.69, 9.17) is 17.3 Å². The van der Waals surface area contributed by atoms with E-state index in [1.807, 2.05) is 12.1 Å². The Hall–Kier alpha value is -2.41. The van der Waals surface area contributed by atoms with Crippen LogP contribution in [0.2, 0.25) is 5.02 Å². The van der Waals surface area contributed by atoms with Gasteiger partial charge in [-0.1, -0.05) is 23.7 Å². The third-order valence-corrected chi connectivity index (χ3v) is 2.96. The molecule has 0 amide bonds. The van der Waals surface area contributed by atoms with E-state index in [1.165, 1.54) is 6.33 Å². The molecule has 1 heterocycles. The number of nitrogens with two attached hydrogens (primary N) is 1. The molecule has 0 saturated carbocycles. The summed E-state index contributed by atoms with van der Waals surface area (Å²) in [6.45, 7) is 0.439. The molecule has 0 atom stereocenters. The molecule has 0 aliphatic carbocycles. The van der Waals surface area contributed by atoms with Crippen molar-refractivity contribution in [2.24, 2.45) is 0 Å². The first kappa shape index (κ1) is 14.0. The molecule has 0 fully saturated rings. The Morgan fingerprint density at radius 2 is 2.00 bits per heavy atom. The highest BCUT2D eigenvalue weighted by Gasteiger charge is 2.23. The van der Waals surface area contributed by atoms with Gasteiger partial charge in [-0.25, -0.2) is 9.97 Å². The minimum absolute atomic E-state index is 0.150. The van der Waals surface area contributed by atoms with Gasteiger partial charge in [0.05, 0.1) is 4.92 Å². The van der Waals surface area contributed by atoms with Crippen molar-refractivity contribution in [3.05, 3.63) is 51.3 Å². The molecule has 104 valence electrons. The topological polar surface area (TPSA) is 98.2 Å². The van der Waals surface area contributed by atoms with Crippen LogP contribution in [0.15, 0.2) is 30.6 Å². The minimum atomic E-state index is -0.580. The molecule has 8 heteroatoms. The monoisotopic (exact) mass is 293 g/mol. The molecule has 7 nitrogen and oxygen atoms in total. The molecular weight excluding hydrogens is 282 g/mol. The first-order valence-electron chi connectivity index (χ1n) is 5.69. The van der Waals surface area contributed by atoms with Crippen LogP contribution in [0.3, 0.4) is 0 Å². The lowest BCUT2D eigenvalue weighted by Crippen LogP contribution is -2.20. The first-order chi connectivity index (χ1) is 9.49. The quantitative estimate of drug-likeness (QED) is 0.686. The Morgan fingerprint density at radius 3 is 2.60 bits per heavy atom. The SMILES string of the molecule is CN(Cc1ccc(Cl)cc1)c1ncnc(N)c1[N+](=O)[O-]. The molecular formula is C12H12ClN5O2. The number of benzene rings is 1. The smallest absolute Gasteiger partial charge is 0.353 e. The predicted octanol–water partition coefficient (Wildman–Crippen LogP) is 2.26. The Morgan fingerprint density at radius 1 is 1.35 bits per heavy atom. The second kappa shape index (κ2) is 5.70. The summed E-state index contributed by atoms with van der Waals surface area (Å²) >= 11 is 5.81. The predicted molar refractivity (Wildman–Crippen MR) is 76.7 cm³/mol. The van der Waals surface area contributed by atoms with Crippen LogP contribution >= 0.6 is 11.6 Å². The van der Waals surface area contributed by atoms with E-state index < -0.39 is 4.92 Å². The number of nitro groups is 1. The third-order valence-electron chi connectivity index (χ3n) is 2.71. The van der Waals surface area contributed by atoms with Gasteiger partial charge in [-0.15, -0.1) is 0 Å². The van der Waals surface area contributed by atoms with E-state index in [1.54, 1.807) is 24.1 Å². The van der Waals surface area contributed by atoms with Crippen molar-refractivity contribution in [3.63, 3.8) is 0 Å². The van der Waals surface area contributed by atoms with Gasteiger partial charge in [-0.3, -0.25) is 10.1 Å². The summed E-state index contributed by atoms with van der Waals surface area (Å²) in [5, 5.41) is 11.7. The Labute approximate surface area is 120 Å². The van der Waals surface area contributed by atoms with E-state index in [0.717, 1.165) is 5.56 Å². The van der Waals surface area contributed by atoms with Gasteiger partial charge < -0.3 is 10.6 Å². The fourth-order valence-electron chi connectivity index (χ4n) is 1.78. The van der Waals surface area contributed by atoms with Crippen molar-refractivity contribution in [3.8, 4) is 0 Å². The lowest BCUT2D eigenvalue weighted by Gasteiger charge is -2.18. The number of halogens is 1. The number of aromatic nitrogens is 2. The summed E-state index contributed by atoms with van der Waals surface area (Å²) < 4.78 is 0. The molecule has 0 aliphatic heterocycles. The molecule has 0 aliphatic rings. The van der Waals surface area contributed by atoms with Gasteiger partial charge in [0.1, 0.15) is 6.33 Å². The van der Waals surface area contributed by atoms with Gasteiger partial charge in [0.15, 0.2) is 0 Å². The standard InChI is InChI=1S/C12H12ClN5O2/c1-17(6-8-2-4-9(13)5-3-8)12-10(18(19)20)11(14)15-7-16-12/h2-5,7H,6H2,1H3,(H2,14,15,16). The van der Waals surface area contributed by atoms with Crippen LogP contribution in [0.25, 0.3) is 0 Å². The summed E-state index contributed by atoms with van der Waals surface area (Å²) in [7, 11) is 1.70. The molecule has 1 aromatic heterocycles. The number of hydrogen-bond donors (Lipinski definition) is 1. The van der Waals surface area contributed by atoms with E-state index >= 15 is 0 Å². The lowest BCUT2D eigenvalue weighted by molar-refractivity contribution is -0.383. The van der Waals surface area contributed by atoms with Gasteiger partial charge in [0.25, 0.3) is 0 Å². The number of rotatable bonds is 4. The average molecular weight is 294 g/mol. The fourth-order valence-corrected chi connectivity index (χ4v) is 1.90. The zero-order valence-corrected chi connectivity index (χ0v) is 11.4. The molecule has 2 rings (SSSR count). The molecule has 0 spiro atoms. The Kier molecular flexibility index (Phi) is 3.99. The second-order valence-corrected chi connectivity index (χ2v) is 4.61. The second-order valence-electron chi connectivity index (χ2n) is 4.17. The summed E-state index contributed by atoms with van der Waals surface area (Å²) in [4.78, 5) is 19.7. The summed E-state index contributed by atoms with van der Waals surface area (Å²) in [6.07, 6.45) is 1.20. The highest BCUT2D eigenvalue weighted by molar-refractivity contribution is 6.30. The summed E-state index contributed by atoms with van der Waals surface area (Å²) in [5.41, 5.74) is 6.20. The van der Waals surface area contributed by atoms with Crippen LogP contribution in [0, 0.1) is 10.1 Å². The maximum absolute atomic E-state index is 11.0. The fraction of sp³-hybridized carbons (Fsp3) is 0.167. The molecule has 2 aromatic rings. The van der Waals surface area contributed by atoms with Crippen molar-refractivity contribution < 1.29 is 4.92 Å². The molecule has 0 radical (unpaired) electrons. The van der Waals surface area contributed by atoms with Gasteiger partial charge in [-0.2, -0.15) is 0 Å². The molecule has 0 unspecified atom stereocenters. The Balaban J connectivity index is 2.29. The van der Waals surface area contributed by atoms with Gasteiger partial charge in [0.2, 0.25) is 11.6 Å². The van der Waals surface area contributed by atoms with Gasteiger partial charge >= 0.3 is 5.69 Å². The summed E-state index contributed by atoms with van der Waals surface area (Å²) in [5.74, 6) is 0.0282. The number of anilines is 2. The van der Waals surface area contributed by atoms with E-state index in [9.17, 15) is 10.1 Å². The third kappa shape index (κ3) is 2.94. The molecule has 0 bridgehead atoms. The number of nitrogens with zero attached hydrogens (tertiary/aromatic N) is 4. The molecule has 2 N–H and O–H groups in total. The number of hydrogen-bond acceptors (Lipinski definition) is 6. The first-order valence-corrected chi connectivity index (χ1v) is 6.07. The molecule has 20 heavy (non-hydrogen) atoms. The van der Waals surface area contributed by atoms with Crippen molar-refractivity contribution in [2.45, 2.75) is 6.54 Å². The van der Waals surface area contributed by atoms with Crippen molar-refractivity contribution in [1.82, 2.24) is 9.97 Å². The molecule has 0 saturated heterocycles. The van der Waals surface area contributed by atoms with Crippen molar-refractivity contribution >= 4 is 28.9 Å². The minimum Gasteiger partial charge on any atom is -0.378 e. The van der Waals surface area contributed by atoms with Crippen LogP contribution in [-0.2, 0) is 6.54 Å². The normalized spacial score (nSPS) is 10.3. The summed E-state index contributed by atoms with van der Waals surface area (Å²) in [6, 6.07) is 7.20. The van der Waals surface area contributed by atoms with Crippen LogP contribution in [0.5, 0.6) is 0 Å². The highest BCUT2D eigenvalue weighted by Crippen LogP contribution is 2.29.